The van der Waals surface area contributed by atoms with Crippen molar-refractivity contribution >= 4 is 32.4 Å². The third-order valence-electron chi connectivity index (χ3n) is 6.11. The van der Waals surface area contributed by atoms with Crippen LogP contribution in [0.25, 0.3) is 10.8 Å². The van der Waals surface area contributed by atoms with Crippen molar-refractivity contribution in [3.63, 3.8) is 0 Å². The number of nitrogens with two attached hydrogens (primary N) is 1. The van der Waals surface area contributed by atoms with Gasteiger partial charge in [-0.15, -0.1) is 0 Å². The number of benzene rings is 2. The third kappa shape index (κ3) is 11.7. The van der Waals surface area contributed by atoms with Gasteiger partial charge in [0.05, 0.1) is 4.90 Å². The van der Waals surface area contributed by atoms with E-state index in [1.807, 2.05) is 43.3 Å². The van der Waals surface area contributed by atoms with Crippen molar-refractivity contribution in [3.8, 4) is 0 Å². The van der Waals surface area contributed by atoms with E-state index in [1.54, 1.807) is 12.1 Å². The van der Waals surface area contributed by atoms with Gasteiger partial charge >= 0.3 is 0 Å². The molecule has 0 radical (unpaired) electrons. The number of nitrogens with one attached hydrogen (secondary N) is 2. The quantitative estimate of drug-likeness (QED) is 0.204. The summed E-state index contributed by atoms with van der Waals surface area (Å²) in [5.41, 5.74) is 6.39. The van der Waals surface area contributed by atoms with Crippen LogP contribution in [0.2, 0.25) is 0 Å². The minimum atomic E-state index is -3.63. The number of sulfonamides is 1. The largest absolute Gasteiger partial charge is 0.381 e. The standard InChI is InChI=1S/C28H46N4O5S/c1-32(2)26-14-8-13-25-24(26)12-9-15-27(25)38(34,35)31-19-5-3-4-16-28(33)30-18-11-23-37-21-7-6-20-36-22-10-17-29/h8-9,12-15,31H,3-7,10-11,16-23,29H2,1-2H3,(H,30,33). The molecule has 0 aliphatic rings. The van der Waals surface area contributed by atoms with E-state index in [9.17, 15) is 13.2 Å². The molecule has 0 bridgehead atoms. The second-order valence-electron chi connectivity index (χ2n) is 9.51. The van der Waals surface area contributed by atoms with Gasteiger partial charge in [0.2, 0.25) is 15.9 Å². The lowest BCUT2D eigenvalue weighted by atomic mass is 10.1. The first kappa shape index (κ1) is 32.0. The first-order chi connectivity index (χ1) is 18.4. The molecule has 10 heteroatoms. The monoisotopic (exact) mass is 550 g/mol. The second-order valence-corrected chi connectivity index (χ2v) is 11.2. The summed E-state index contributed by atoms with van der Waals surface area (Å²) in [5, 5.41) is 4.52. The first-order valence-corrected chi connectivity index (χ1v) is 15.2. The minimum Gasteiger partial charge on any atom is -0.381 e. The molecular weight excluding hydrogens is 504 g/mol. The number of amides is 1. The van der Waals surface area contributed by atoms with E-state index in [1.165, 1.54) is 0 Å². The Labute approximate surface area is 228 Å². The molecule has 1 amide bonds. The van der Waals surface area contributed by atoms with Gasteiger partial charge in [-0.1, -0.05) is 30.7 Å². The molecule has 2 aromatic carbocycles. The van der Waals surface area contributed by atoms with Gasteiger partial charge in [-0.05, 0) is 57.2 Å². The lowest BCUT2D eigenvalue weighted by molar-refractivity contribution is -0.121. The molecule has 4 N–H and O–H groups in total. The van der Waals surface area contributed by atoms with Crippen LogP contribution in [0.4, 0.5) is 5.69 Å². The van der Waals surface area contributed by atoms with Crippen LogP contribution in [0.1, 0.15) is 51.4 Å². The Morgan fingerprint density at radius 2 is 1.47 bits per heavy atom. The van der Waals surface area contributed by atoms with Crippen molar-refractivity contribution in [1.82, 2.24) is 10.0 Å². The van der Waals surface area contributed by atoms with Crippen LogP contribution in [-0.4, -0.2) is 74.5 Å². The summed E-state index contributed by atoms with van der Waals surface area (Å²) in [5.74, 6) is 0.0210. The normalized spacial score (nSPS) is 11.7. The Morgan fingerprint density at radius 3 is 2.18 bits per heavy atom. The lowest BCUT2D eigenvalue weighted by Gasteiger charge is -2.17. The highest BCUT2D eigenvalue weighted by atomic mass is 32.2. The van der Waals surface area contributed by atoms with E-state index >= 15 is 0 Å². The van der Waals surface area contributed by atoms with Gasteiger partial charge in [0.1, 0.15) is 0 Å². The summed E-state index contributed by atoms with van der Waals surface area (Å²) in [4.78, 5) is 14.3. The van der Waals surface area contributed by atoms with Gasteiger partial charge < -0.3 is 25.4 Å². The average Bonchev–Trinajstić information content (AvgIpc) is 2.90. The number of hydrogen-bond donors (Lipinski definition) is 3. The molecule has 0 saturated heterocycles. The van der Waals surface area contributed by atoms with Gasteiger partial charge in [-0.25, -0.2) is 13.1 Å². The topological polar surface area (TPSA) is 123 Å². The van der Waals surface area contributed by atoms with E-state index in [2.05, 4.69) is 10.0 Å². The summed E-state index contributed by atoms with van der Waals surface area (Å²) < 4.78 is 39.6. The molecule has 2 rings (SSSR count). The fraction of sp³-hybridized carbons (Fsp3) is 0.607. The highest BCUT2D eigenvalue weighted by Crippen LogP contribution is 2.30. The number of carbonyl (C=O) groups excluding carboxylic acids is 1. The Balaban J connectivity index is 1.54. The molecule has 0 aromatic heterocycles. The smallest absolute Gasteiger partial charge is 0.241 e. The Kier molecular flexibility index (Phi) is 15.2. The molecule has 2 aromatic rings. The Morgan fingerprint density at radius 1 is 0.816 bits per heavy atom. The third-order valence-corrected chi connectivity index (χ3v) is 7.63. The summed E-state index contributed by atoms with van der Waals surface area (Å²) in [6, 6.07) is 11.0. The van der Waals surface area contributed by atoms with Crippen LogP contribution in [0.5, 0.6) is 0 Å². The molecule has 0 unspecified atom stereocenters. The van der Waals surface area contributed by atoms with Crippen LogP contribution in [0, 0.1) is 0 Å². The highest BCUT2D eigenvalue weighted by molar-refractivity contribution is 7.89. The van der Waals surface area contributed by atoms with Crippen molar-refractivity contribution in [2.75, 3.05) is 65.1 Å². The van der Waals surface area contributed by atoms with Gasteiger partial charge in [0, 0.05) is 76.5 Å². The SMILES string of the molecule is CN(C)c1cccc2c(S(=O)(=O)NCCCCCC(=O)NCCCOCCCCOCCCN)cccc12. The molecule has 9 nitrogen and oxygen atoms in total. The Bertz CT molecular complexity index is 1060. The van der Waals surface area contributed by atoms with Gasteiger partial charge in [-0.3, -0.25) is 4.79 Å². The van der Waals surface area contributed by atoms with Crippen molar-refractivity contribution in [3.05, 3.63) is 36.4 Å². The molecule has 214 valence electrons. The molecule has 0 atom stereocenters. The van der Waals surface area contributed by atoms with Crippen LogP contribution >= 0.6 is 0 Å². The van der Waals surface area contributed by atoms with Crippen molar-refractivity contribution in [2.45, 2.75) is 56.3 Å². The minimum absolute atomic E-state index is 0.0210. The molecule has 0 fully saturated rings. The summed E-state index contributed by atoms with van der Waals surface area (Å²) in [6.45, 7) is 4.39. The zero-order valence-corrected chi connectivity index (χ0v) is 23.9. The van der Waals surface area contributed by atoms with Crippen molar-refractivity contribution in [1.29, 1.82) is 0 Å². The van der Waals surface area contributed by atoms with Gasteiger partial charge in [0.25, 0.3) is 0 Å². The maximum absolute atomic E-state index is 13.0. The van der Waals surface area contributed by atoms with E-state index in [0.717, 1.165) is 62.8 Å². The van der Waals surface area contributed by atoms with Crippen LogP contribution < -0.4 is 20.7 Å². The maximum atomic E-state index is 13.0. The molecule has 0 saturated carbocycles. The summed E-state index contributed by atoms with van der Waals surface area (Å²) in [6.07, 6.45) is 6.22. The van der Waals surface area contributed by atoms with E-state index in [4.69, 9.17) is 15.2 Å². The van der Waals surface area contributed by atoms with Crippen molar-refractivity contribution in [2.24, 2.45) is 5.73 Å². The fourth-order valence-corrected chi connectivity index (χ4v) is 5.34. The van der Waals surface area contributed by atoms with E-state index in [0.29, 0.717) is 51.1 Å². The first-order valence-electron chi connectivity index (χ1n) is 13.7. The predicted molar refractivity (Wildman–Crippen MR) is 154 cm³/mol. The van der Waals surface area contributed by atoms with Gasteiger partial charge in [0.15, 0.2) is 0 Å². The fourth-order valence-electron chi connectivity index (χ4n) is 4.05. The number of hydrogen-bond acceptors (Lipinski definition) is 7. The maximum Gasteiger partial charge on any atom is 0.241 e. The van der Waals surface area contributed by atoms with Crippen LogP contribution in [0.3, 0.4) is 0 Å². The zero-order chi connectivity index (χ0) is 27.6. The van der Waals surface area contributed by atoms with Crippen molar-refractivity contribution < 1.29 is 22.7 Å². The lowest BCUT2D eigenvalue weighted by Crippen LogP contribution is -2.26. The van der Waals surface area contributed by atoms with Crippen LogP contribution in [-0.2, 0) is 24.3 Å². The number of carbonyl (C=O) groups is 1. The number of rotatable bonds is 21. The summed E-state index contributed by atoms with van der Waals surface area (Å²) >= 11 is 0. The number of unbranched alkanes of at least 4 members (excludes halogenated alkanes) is 3. The van der Waals surface area contributed by atoms with Crippen LogP contribution in [0.15, 0.2) is 41.3 Å². The molecule has 0 aliphatic heterocycles. The number of anilines is 1. The number of nitrogens with zero attached hydrogens (tertiary/aromatic N) is 1. The number of ether oxygens (including phenoxy) is 2. The molecule has 0 heterocycles. The predicted octanol–water partition coefficient (Wildman–Crippen LogP) is 3.41. The average molecular weight is 551 g/mol. The Hall–Kier alpha value is -2.24. The summed E-state index contributed by atoms with van der Waals surface area (Å²) in [7, 11) is 0.247. The highest BCUT2D eigenvalue weighted by Gasteiger charge is 2.18. The molecule has 38 heavy (non-hydrogen) atoms. The van der Waals surface area contributed by atoms with Gasteiger partial charge in [-0.2, -0.15) is 0 Å². The molecular formula is C28H46N4O5S. The van der Waals surface area contributed by atoms with E-state index in [-0.39, 0.29) is 10.8 Å². The molecule has 0 spiro atoms. The zero-order valence-electron chi connectivity index (χ0n) is 23.0. The molecule has 0 aliphatic carbocycles. The number of fused-ring (bicyclic) bond motifs is 1. The van der Waals surface area contributed by atoms with E-state index < -0.39 is 10.0 Å². The second kappa shape index (κ2) is 18.1.